The number of para-hydroxylation sites is 3. The van der Waals surface area contributed by atoms with Gasteiger partial charge in [0.2, 0.25) is 17.5 Å². The van der Waals surface area contributed by atoms with Gasteiger partial charge < -0.3 is 18.3 Å². The van der Waals surface area contributed by atoms with Crippen molar-refractivity contribution in [3.63, 3.8) is 0 Å². The Balaban J connectivity index is 0.000000283. The molecule has 0 atom stereocenters. The summed E-state index contributed by atoms with van der Waals surface area (Å²) in [7, 11) is 0. The molecule has 11 aromatic rings. The molecule has 0 bridgehead atoms. The average Bonchev–Trinajstić information content (AvgIpc) is 0.874. The van der Waals surface area contributed by atoms with E-state index in [0.717, 1.165) is 64.8 Å². The van der Waals surface area contributed by atoms with Crippen LogP contribution in [0.15, 0.2) is 188 Å². The molecule has 0 N–H and O–H groups in total. The number of halogens is 27. The molecule has 0 aliphatic heterocycles. The van der Waals surface area contributed by atoms with Crippen LogP contribution in [0.5, 0.6) is 0 Å². The molecule has 1 saturated carbocycles. The second kappa shape index (κ2) is 37.4. The maximum Gasteiger partial charge on any atom is 0.461 e. The second-order valence-electron chi connectivity index (χ2n) is 24.7. The van der Waals surface area contributed by atoms with Crippen molar-refractivity contribution in [2.75, 3.05) is 0 Å². The number of hydrogen-bond donors (Lipinski definition) is 0. The summed E-state index contributed by atoms with van der Waals surface area (Å²) in [6.45, 7) is 0.387. The molecule has 1 fully saturated rings. The fourth-order valence-electron chi connectivity index (χ4n) is 10.9. The van der Waals surface area contributed by atoms with E-state index in [1.165, 1.54) is 41.8 Å². The van der Waals surface area contributed by atoms with Crippen LogP contribution < -0.4 is 0 Å². The third-order valence-corrected chi connectivity index (χ3v) is 16.9. The first-order chi connectivity index (χ1) is 52.1. The molecule has 12 rings (SSSR count). The first-order valence-electron chi connectivity index (χ1n) is 32.6. The van der Waals surface area contributed by atoms with Crippen molar-refractivity contribution < 1.29 is 199 Å². The van der Waals surface area contributed by atoms with Gasteiger partial charge in [0.1, 0.15) is 0 Å². The van der Waals surface area contributed by atoms with Crippen molar-refractivity contribution >= 4 is 0 Å². The summed E-state index contributed by atoms with van der Waals surface area (Å²) in [6, 6.07) is 57.4. The van der Waals surface area contributed by atoms with E-state index in [9.17, 15) is 110 Å². The molecule has 4 heterocycles. The van der Waals surface area contributed by atoms with E-state index in [1.807, 2.05) is 18.2 Å². The van der Waals surface area contributed by atoms with Gasteiger partial charge in [0.05, 0.1) is 23.3 Å². The van der Waals surface area contributed by atoms with E-state index >= 15 is 8.78 Å². The topological polar surface area (TPSA) is 123 Å². The summed E-state index contributed by atoms with van der Waals surface area (Å²) in [5.74, 6) is -84.9. The van der Waals surface area contributed by atoms with Crippen LogP contribution in [0, 0.1) is 24.3 Å². The normalized spacial score (nSPS) is 13.7. The van der Waals surface area contributed by atoms with Crippen LogP contribution in [0.4, 0.5) is 119 Å². The molecule has 0 unspecified atom stereocenters. The van der Waals surface area contributed by atoms with Gasteiger partial charge in [0.25, 0.3) is 0 Å². The molecule has 4 radical (unpaired) electrons. The van der Waals surface area contributed by atoms with E-state index in [1.54, 1.807) is 103 Å². The Kier molecular flexibility index (Phi) is 31.7. The van der Waals surface area contributed by atoms with Gasteiger partial charge in [-0.1, -0.05) is 80.8 Å². The summed E-state index contributed by atoms with van der Waals surface area (Å²) in [6.07, 6.45) is -2.51. The van der Waals surface area contributed by atoms with E-state index in [0.29, 0.717) is 41.0 Å². The van der Waals surface area contributed by atoms with Crippen LogP contribution in [0.1, 0.15) is 88.6 Å². The Morgan fingerprint density at radius 3 is 0.897 bits per heavy atom. The van der Waals surface area contributed by atoms with Gasteiger partial charge in [-0.2, -0.15) is 139 Å². The Bertz CT molecular complexity index is 4890. The number of alkyl halides is 27. The molecule has 0 saturated heterocycles. The fourth-order valence-corrected chi connectivity index (χ4v) is 10.9. The minimum Gasteiger partial charge on any atom is -0.343 e. The van der Waals surface area contributed by atoms with Crippen LogP contribution in [0.2, 0.25) is 0 Å². The molecule has 12 nitrogen and oxygen atoms in total. The van der Waals surface area contributed by atoms with Gasteiger partial charge in [-0.3, -0.25) is 0 Å². The largest absolute Gasteiger partial charge is 0.461 e. The molecular formula is C73H53F27Ir4N12-4. The van der Waals surface area contributed by atoms with E-state index in [2.05, 4.69) is 65.1 Å². The van der Waals surface area contributed by atoms with Gasteiger partial charge in [0.15, 0.2) is 5.82 Å². The summed E-state index contributed by atoms with van der Waals surface area (Å²) < 4.78 is 379. The first-order valence-corrected chi connectivity index (χ1v) is 32.6. The molecule has 1 aliphatic carbocycles. The van der Waals surface area contributed by atoms with Crippen molar-refractivity contribution in [2.45, 2.75) is 143 Å². The Labute approximate surface area is 694 Å². The smallest absolute Gasteiger partial charge is 0.343 e. The zero-order valence-electron chi connectivity index (χ0n) is 58.6. The summed E-state index contributed by atoms with van der Waals surface area (Å²) in [5, 5.41) is 27.4. The zero-order chi connectivity index (χ0) is 82.7. The summed E-state index contributed by atoms with van der Waals surface area (Å²) >= 11 is 0. The molecule has 4 aromatic heterocycles. The van der Waals surface area contributed by atoms with Crippen molar-refractivity contribution in [2.24, 2.45) is 0 Å². The van der Waals surface area contributed by atoms with Crippen molar-refractivity contribution in [1.82, 2.24) is 59.1 Å². The van der Waals surface area contributed by atoms with Crippen LogP contribution in [0.25, 0.3) is 62.6 Å². The predicted molar refractivity (Wildman–Crippen MR) is 346 cm³/mol. The molecule has 0 spiro atoms. The van der Waals surface area contributed by atoms with Crippen LogP contribution in [-0.4, -0.2) is 113 Å². The minimum atomic E-state index is -8.53. The fraction of sp³-hybridized carbons (Fsp3) is 0.315. The Hall–Kier alpha value is -8.19. The maximum absolute atomic E-state index is 15.1. The number of nitrogens with zero attached hydrogens (tertiary/aromatic N) is 12. The average molecular weight is 2380 g/mol. The van der Waals surface area contributed by atoms with Crippen LogP contribution in [0.3, 0.4) is 0 Å². The zero-order valence-corrected chi connectivity index (χ0v) is 68.2. The van der Waals surface area contributed by atoms with Crippen LogP contribution in [-0.2, 0) is 104 Å². The molecule has 116 heavy (non-hydrogen) atoms. The number of hydrogen-bond acceptors (Lipinski definition) is 8. The third kappa shape index (κ3) is 18.9. The first kappa shape index (κ1) is 98.4. The minimum absolute atomic E-state index is 0. The SMILES string of the molecule is CC(F)(F)C(F)(F)C(F)(F)C(F)(F)C(F)(F)C(F)(F)C(F)(F)C(F)(F)c1nnc(-c2[c-]cccc2)n1-c1ccccc1.CC(F)(F)C(F)(F)c1nnc(-c2[c-]cccc2)n1-c1ccccc1.CCC(F)(F)c1nnc(-c2[c-]cccc2)n1-c1ccccc1.FC(F)(F)C(F)(F)c1nnc(-c2[c-]cccc2)n1C1CCCCC1.[Ir].[Ir].[Ir].[Ir]. The maximum atomic E-state index is 15.1. The van der Waals surface area contributed by atoms with Crippen molar-refractivity contribution in [1.29, 1.82) is 0 Å². The van der Waals surface area contributed by atoms with Gasteiger partial charge in [0, 0.05) is 124 Å². The second-order valence-corrected chi connectivity index (χ2v) is 24.7. The number of aromatic nitrogens is 12. The monoisotopic (exact) mass is 2380 g/mol. The van der Waals surface area contributed by atoms with Crippen molar-refractivity contribution in [3.8, 4) is 62.6 Å². The third-order valence-electron chi connectivity index (χ3n) is 16.9. The molecule has 43 heteroatoms. The van der Waals surface area contributed by atoms with Crippen LogP contribution >= 0.6 is 0 Å². The van der Waals surface area contributed by atoms with Crippen molar-refractivity contribution in [3.05, 3.63) is 236 Å². The standard InChI is InChI=1S/C23H12F16N3.C17H12F4N3.C17H14F2N3.C16H15F5N3.4Ir/c1-16(24,25)18(28,29)20(32,33)22(36,37)23(38,39)21(34,35)19(30,31)17(26,27)15-41-40-14(12-8-4-2-5-9-12)42(15)13-10-6-3-7-11-13;1-16(18,19)17(20,21)15-23-22-14(12-8-4-2-5-9-12)24(15)13-10-6-3-7-11-13;1-2-17(18,19)16-21-20-15(13-9-5-3-6-10-13)22(16)14-11-7-4-8-12-14;17-15(18,16(19,20)21)14-23-22-13(11-7-3-1-4-8-11)24(14)12-9-5-2-6-10-12;;;;/h2-8,10-11H,1H3;2-8,10-11H,1H3;3-9,11-12H,2H2,1H3;1,3-4,7,12H,2,5-6,9-10H2;;;;/q4*-1;;;;. The quantitative estimate of drug-likeness (QED) is 0.0515. The summed E-state index contributed by atoms with van der Waals surface area (Å²) in [4.78, 5) is 0. The van der Waals surface area contributed by atoms with Gasteiger partial charge in [-0.25, -0.2) is 0 Å². The molecular weight excluding hydrogens is 2330 g/mol. The van der Waals surface area contributed by atoms with E-state index in [-0.39, 0.29) is 127 Å². The predicted octanol–water partition coefficient (Wildman–Crippen LogP) is 21.9. The Morgan fingerprint density at radius 2 is 0.586 bits per heavy atom. The number of benzene rings is 7. The molecule has 634 valence electrons. The summed E-state index contributed by atoms with van der Waals surface area (Å²) in [5.41, 5.74) is 1.23. The molecule has 1 aliphatic rings. The Morgan fingerprint density at radius 1 is 0.302 bits per heavy atom. The number of rotatable bonds is 21. The van der Waals surface area contributed by atoms with Gasteiger partial charge in [-0.05, 0) is 49.2 Å². The van der Waals surface area contributed by atoms with Gasteiger partial charge >= 0.3 is 77.2 Å². The molecule has 0 amide bonds. The van der Waals surface area contributed by atoms with Gasteiger partial charge in [-0.15, -0.1) is 164 Å². The molecule has 7 aromatic carbocycles. The van der Waals surface area contributed by atoms with E-state index in [4.69, 9.17) is 0 Å². The van der Waals surface area contributed by atoms with E-state index < -0.39 is 119 Å².